The van der Waals surface area contributed by atoms with Crippen molar-refractivity contribution in [1.82, 2.24) is 15.5 Å². The van der Waals surface area contributed by atoms with Gasteiger partial charge in [-0.05, 0) is 56.5 Å². The van der Waals surface area contributed by atoms with Gasteiger partial charge in [0, 0.05) is 32.4 Å². The van der Waals surface area contributed by atoms with Crippen molar-refractivity contribution in [3.63, 3.8) is 0 Å². The summed E-state index contributed by atoms with van der Waals surface area (Å²) in [4.78, 5) is 7.21. The number of nitrogens with one attached hydrogen (secondary N) is 2. The van der Waals surface area contributed by atoms with Gasteiger partial charge >= 0.3 is 0 Å². The normalized spacial score (nSPS) is 17.3. The molecule has 0 amide bonds. The van der Waals surface area contributed by atoms with Crippen LogP contribution in [0.4, 0.5) is 0 Å². The molecule has 1 fully saturated rings. The average Bonchev–Trinajstić information content (AvgIpc) is 3.15. The van der Waals surface area contributed by atoms with Crippen LogP contribution >= 0.6 is 0 Å². The Kier molecular flexibility index (Phi) is 7.90. The van der Waals surface area contributed by atoms with Crippen molar-refractivity contribution in [3.05, 3.63) is 29.8 Å². The van der Waals surface area contributed by atoms with Crippen molar-refractivity contribution < 1.29 is 8.42 Å². The van der Waals surface area contributed by atoms with E-state index in [0.29, 0.717) is 10.9 Å². The highest BCUT2D eigenvalue weighted by Crippen LogP contribution is 2.13. The number of hydrogen-bond acceptors (Lipinski definition) is 4. The zero-order valence-corrected chi connectivity index (χ0v) is 17.0. The Balaban J connectivity index is 1.76. The van der Waals surface area contributed by atoms with Gasteiger partial charge in [0.15, 0.2) is 15.8 Å². The first-order valence-corrected chi connectivity index (χ1v) is 11.3. The molecule has 6 nitrogen and oxygen atoms in total. The number of guanidine groups is 1. The van der Waals surface area contributed by atoms with E-state index >= 15 is 0 Å². The second-order valence-corrected chi connectivity index (χ2v) is 8.87. The van der Waals surface area contributed by atoms with Crippen molar-refractivity contribution >= 4 is 15.8 Å². The third kappa shape index (κ3) is 6.29. The van der Waals surface area contributed by atoms with Crippen LogP contribution in [0.2, 0.25) is 0 Å². The predicted octanol–water partition coefficient (Wildman–Crippen LogP) is 1.67. The van der Waals surface area contributed by atoms with Crippen LogP contribution in [0.15, 0.2) is 34.2 Å². The lowest BCUT2D eigenvalue weighted by Crippen LogP contribution is -2.46. The van der Waals surface area contributed by atoms with Gasteiger partial charge in [-0.25, -0.2) is 8.42 Å². The summed E-state index contributed by atoms with van der Waals surface area (Å²) in [7, 11) is -1.35. The molecule has 1 saturated heterocycles. The number of benzene rings is 1. The van der Waals surface area contributed by atoms with E-state index in [9.17, 15) is 8.42 Å². The second kappa shape index (κ2) is 9.92. The molecule has 1 aromatic rings. The molecule has 146 valence electrons. The number of nitrogens with zero attached hydrogens (tertiary/aromatic N) is 2. The summed E-state index contributed by atoms with van der Waals surface area (Å²) in [6.07, 6.45) is 5.79. The Morgan fingerprint density at radius 2 is 1.85 bits per heavy atom. The summed E-state index contributed by atoms with van der Waals surface area (Å²) in [5, 5.41) is 6.77. The van der Waals surface area contributed by atoms with Crippen molar-refractivity contribution in [1.29, 1.82) is 0 Å². The summed E-state index contributed by atoms with van der Waals surface area (Å²) in [5.41, 5.74) is 1.10. The van der Waals surface area contributed by atoms with Gasteiger partial charge in [-0.15, -0.1) is 0 Å². The van der Waals surface area contributed by atoms with E-state index in [2.05, 4.69) is 27.4 Å². The molecule has 1 heterocycles. The number of aliphatic imine (C=N–C) groups is 1. The maximum atomic E-state index is 11.5. The molecule has 2 rings (SSSR count). The Bertz CT molecular complexity index is 680. The van der Waals surface area contributed by atoms with Gasteiger partial charge in [-0.1, -0.05) is 19.1 Å². The minimum Gasteiger partial charge on any atom is -0.356 e. The number of sulfone groups is 1. The van der Waals surface area contributed by atoms with Crippen LogP contribution in [-0.2, 0) is 16.3 Å². The van der Waals surface area contributed by atoms with Crippen LogP contribution in [0.1, 0.15) is 31.7 Å². The summed E-state index contributed by atoms with van der Waals surface area (Å²) in [6.45, 7) is 6.30. The smallest absolute Gasteiger partial charge is 0.191 e. The van der Waals surface area contributed by atoms with Crippen molar-refractivity contribution in [2.24, 2.45) is 4.99 Å². The lowest BCUT2D eigenvalue weighted by molar-refractivity contribution is 0.236. The standard InChI is InChI=1S/C19H32N4O2S/c1-4-17(23-13-5-6-14-23)15-22-19(20-2)21-12-11-16-7-9-18(10-8-16)26(3,24)25/h7-10,17H,4-6,11-15H2,1-3H3,(H2,20,21,22). The molecule has 1 unspecified atom stereocenters. The van der Waals surface area contributed by atoms with Crippen molar-refractivity contribution in [2.75, 3.05) is 39.5 Å². The molecule has 1 aliphatic rings. The summed E-state index contributed by atoms with van der Waals surface area (Å²) < 4.78 is 23.0. The Labute approximate surface area is 158 Å². The van der Waals surface area contributed by atoms with E-state index in [1.165, 1.54) is 32.2 Å². The Morgan fingerprint density at radius 1 is 1.19 bits per heavy atom. The van der Waals surface area contributed by atoms with Crippen LogP contribution in [0, 0.1) is 0 Å². The van der Waals surface area contributed by atoms with Gasteiger partial charge in [-0.2, -0.15) is 0 Å². The molecule has 1 aliphatic heterocycles. The van der Waals surface area contributed by atoms with E-state index in [0.717, 1.165) is 37.5 Å². The quantitative estimate of drug-likeness (QED) is 0.530. The van der Waals surface area contributed by atoms with Gasteiger partial charge in [0.05, 0.1) is 4.90 Å². The van der Waals surface area contributed by atoms with Gasteiger partial charge in [-0.3, -0.25) is 9.89 Å². The van der Waals surface area contributed by atoms with Crippen LogP contribution in [0.25, 0.3) is 0 Å². The van der Waals surface area contributed by atoms with Crippen molar-refractivity contribution in [2.45, 2.75) is 43.5 Å². The van der Waals surface area contributed by atoms with Gasteiger partial charge in [0.1, 0.15) is 0 Å². The summed E-state index contributed by atoms with van der Waals surface area (Å²) in [6, 6.07) is 7.63. The largest absolute Gasteiger partial charge is 0.356 e. The molecule has 0 bridgehead atoms. The first-order valence-electron chi connectivity index (χ1n) is 9.41. The number of likely N-dealkylation sites (tertiary alicyclic amines) is 1. The van der Waals surface area contributed by atoms with E-state index < -0.39 is 9.84 Å². The SMILES string of the molecule is CCC(CNC(=NC)NCCc1ccc(S(C)(=O)=O)cc1)N1CCCC1. The molecule has 0 radical (unpaired) electrons. The molecule has 2 N–H and O–H groups in total. The molecule has 1 aromatic carbocycles. The molecule has 7 heteroatoms. The van der Waals surface area contributed by atoms with E-state index in [-0.39, 0.29) is 0 Å². The van der Waals surface area contributed by atoms with Gasteiger partial charge in [0.25, 0.3) is 0 Å². The van der Waals surface area contributed by atoms with Gasteiger partial charge in [0.2, 0.25) is 0 Å². The first kappa shape index (κ1) is 20.7. The summed E-state index contributed by atoms with van der Waals surface area (Å²) >= 11 is 0. The zero-order chi connectivity index (χ0) is 19.0. The molecular formula is C19H32N4O2S. The Morgan fingerprint density at radius 3 is 2.38 bits per heavy atom. The van der Waals surface area contributed by atoms with Crippen molar-refractivity contribution in [3.8, 4) is 0 Å². The lowest BCUT2D eigenvalue weighted by atomic mass is 10.1. The molecule has 0 spiro atoms. The lowest BCUT2D eigenvalue weighted by Gasteiger charge is -2.27. The van der Waals surface area contributed by atoms with Crippen LogP contribution < -0.4 is 10.6 Å². The first-order chi connectivity index (χ1) is 12.4. The molecule has 1 atom stereocenters. The fraction of sp³-hybridized carbons (Fsp3) is 0.632. The molecule has 0 aromatic heterocycles. The summed E-state index contributed by atoms with van der Waals surface area (Å²) in [5.74, 6) is 0.815. The minimum absolute atomic E-state index is 0.360. The van der Waals surface area contributed by atoms with Crippen LogP contribution in [0.3, 0.4) is 0 Å². The minimum atomic E-state index is -3.13. The highest BCUT2D eigenvalue weighted by Gasteiger charge is 2.20. The molecule has 26 heavy (non-hydrogen) atoms. The highest BCUT2D eigenvalue weighted by atomic mass is 32.2. The topological polar surface area (TPSA) is 73.8 Å². The van der Waals surface area contributed by atoms with E-state index in [4.69, 9.17) is 0 Å². The zero-order valence-electron chi connectivity index (χ0n) is 16.2. The second-order valence-electron chi connectivity index (χ2n) is 6.85. The predicted molar refractivity (Wildman–Crippen MR) is 108 cm³/mol. The molecular weight excluding hydrogens is 348 g/mol. The van der Waals surface area contributed by atoms with Gasteiger partial charge < -0.3 is 10.6 Å². The van der Waals surface area contributed by atoms with Crippen LogP contribution in [-0.4, -0.2) is 64.8 Å². The average molecular weight is 381 g/mol. The fourth-order valence-electron chi connectivity index (χ4n) is 3.30. The third-order valence-electron chi connectivity index (χ3n) is 4.91. The molecule has 0 aliphatic carbocycles. The maximum absolute atomic E-state index is 11.5. The third-order valence-corrected chi connectivity index (χ3v) is 6.04. The molecule has 0 saturated carbocycles. The number of hydrogen-bond donors (Lipinski definition) is 2. The highest BCUT2D eigenvalue weighted by molar-refractivity contribution is 7.90. The maximum Gasteiger partial charge on any atom is 0.191 e. The number of rotatable bonds is 8. The fourth-order valence-corrected chi connectivity index (χ4v) is 3.93. The monoisotopic (exact) mass is 380 g/mol. The van der Waals surface area contributed by atoms with E-state index in [1.807, 2.05) is 12.1 Å². The Hall–Kier alpha value is -1.60. The van der Waals surface area contributed by atoms with E-state index in [1.54, 1.807) is 19.2 Å². The van der Waals surface area contributed by atoms with Crippen LogP contribution in [0.5, 0.6) is 0 Å².